The van der Waals surface area contributed by atoms with Gasteiger partial charge in [0.1, 0.15) is 5.82 Å². The lowest BCUT2D eigenvalue weighted by Crippen LogP contribution is -2.17. The number of hydrazone groups is 1. The zero-order chi connectivity index (χ0) is 14.5. The van der Waals surface area contributed by atoms with Gasteiger partial charge in [0.05, 0.1) is 11.2 Å². The molecule has 0 fully saturated rings. The Labute approximate surface area is 125 Å². The van der Waals surface area contributed by atoms with E-state index in [1.807, 2.05) is 0 Å². The molecule has 0 spiro atoms. The van der Waals surface area contributed by atoms with Crippen molar-refractivity contribution in [3.05, 3.63) is 69.5 Å². The van der Waals surface area contributed by atoms with Gasteiger partial charge >= 0.3 is 0 Å². The summed E-state index contributed by atoms with van der Waals surface area (Å²) in [6.45, 7) is 0. The number of hydrogen-bond acceptors (Lipinski definition) is 2. The van der Waals surface area contributed by atoms with Crippen molar-refractivity contribution in [2.45, 2.75) is 0 Å². The van der Waals surface area contributed by atoms with Gasteiger partial charge in [-0.1, -0.05) is 35.3 Å². The summed E-state index contributed by atoms with van der Waals surface area (Å²) in [4.78, 5) is 11.7. The fraction of sp³-hybridized carbons (Fsp3) is 0. The highest BCUT2D eigenvalue weighted by Crippen LogP contribution is 2.16. The number of halogens is 3. The molecule has 3 nitrogen and oxygen atoms in total. The zero-order valence-electron chi connectivity index (χ0n) is 10.1. The van der Waals surface area contributed by atoms with Gasteiger partial charge in [0.2, 0.25) is 0 Å². The maximum absolute atomic E-state index is 13.4. The average molecular weight is 311 g/mol. The van der Waals surface area contributed by atoms with Crippen molar-refractivity contribution < 1.29 is 9.18 Å². The van der Waals surface area contributed by atoms with E-state index in [9.17, 15) is 9.18 Å². The third-order valence-electron chi connectivity index (χ3n) is 2.45. The molecular formula is C14H9Cl2FN2O. The SMILES string of the molecule is O=C(N/N=C\c1c(F)cccc1Cl)c1cccc(Cl)c1. The zero-order valence-corrected chi connectivity index (χ0v) is 11.6. The smallest absolute Gasteiger partial charge is 0.267 e. The Morgan fingerprint density at radius 3 is 2.65 bits per heavy atom. The van der Waals surface area contributed by atoms with Gasteiger partial charge in [-0.3, -0.25) is 4.79 Å². The first-order valence-electron chi connectivity index (χ1n) is 5.61. The molecule has 0 aliphatic rings. The lowest BCUT2D eigenvalue weighted by molar-refractivity contribution is 0.0955. The van der Waals surface area contributed by atoms with Crippen molar-refractivity contribution in [3.63, 3.8) is 0 Å². The third-order valence-corrected chi connectivity index (χ3v) is 3.01. The molecule has 6 heteroatoms. The minimum Gasteiger partial charge on any atom is -0.267 e. The van der Waals surface area contributed by atoms with E-state index in [2.05, 4.69) is 10.5 Å². The Hall–Kier alpha value is -1.91. The predicted molar refractivity (Wildman–Crippen MR) is 77.9 cm³/mol. The van der Waals surface area contributed by atoms with E-state index in [-0.39, 0.29) is 10.6 Å². The highest BCUT2D eigenvalue weighted by molar-refractivity contribution is 6.33. The minimum atomic E-state index is -0.516. The van der Waals surface area contributed by atoms with Crippen LogP contribution < -0.4 is 5.43 Å². The quantitative estimate of drug-likeness (QED) is 0.678. The van der Waals surface area contributed by atoms with Crippen LogP contribution in [0.2, 0.25) is 10.0 Å². The maximum atomic E-state index is 13.4. The Morgan fingerprint density at radius 1 is 1.20 bits per heavy atom. The first-order chi connectivity index (χ1) is 9.58. The largest absolute Gasteiger partial charge is 0.271 e. The van der Waals surface area contributed by atoms with Gasteiger partial charge in [-0.05, 0) is 30.3 Å². The van der Waals surface area contributed by atoms with Crippen LogP contribution in [0.4, 0.5) is 4.39 Å². The van der Waals surface area contributed by atoms with Crippen molar-refractivity contribution in [2.24, 2.45) is 5.10 Å². The number of benzene rings is 2. The van der Waals surface area contributed by atoms with Crippen LogP contribution in [-0.4, -0.2) is 12.1 Å². The molecule has 1 amide bonds. The monoisotopic (exact) mass is 310 g/mol. The van der Waals surface area contributed by atoms with Crippen LogP contribution in [0, 0.1) is 5.82 Å². The Bertz CT molecular complexity index is 654. The van der Waals surface area contributed by atoms with Gasteiger partial charge in [0, 0.05) is 16.1 Å². The summed E-state index contributed by atoms with van der Waals surface area (Å²) in [6.07, 6.45) is 1.15. The van der Waals surface area contributed by atoms with E-state index >= 15 is 0 Å². The molecule has 0 radical (unpaired) electrons. The number of amides is 1. The molecule has 0 bridgehead atoms. The van der Waals surface area contributed by atoms with E-state index in [0.717, 1.165) is 6.21 Å². The first-order valence-corrected chi connectivity index (χ1v) is 6.36. The van der Waals surface area contributed by atoms with E-state index in [1.54, 1.807) is 18.2 Å². The molecule has 0 saturated heterocycles. The molecule has 0 heterocycles. The van der Waals surface area contributed by atoms with E-state index in [1.165, 1.54) is 24.3 Å². The maximum Gasteiger partial charge on any atom is 0.271 e. The molecular weight excluding hydrogens is 302 g/mol. The second-order valence-corrected chi connectivity index (χ2v) is 4.69. The van der Waals surface area contributed by atoms with E-state index in [4.69, 9.17) is 23.2 Å². The molecule has 20 heavy (non-hydrogen) atoms. The second kappa shape index (κ2) is 6.50. The van der Waals surface area contributed by atoms with Crippen molar-refractivity contribution in [1.29, 1.82) is 0 Å². The van der Waals surface area contributed by atoms with Crippen LogP contribution in [0.25, 0.3) is 0 Å². The van der Waals surface area contributed by atoms with Gasteiger partial charge in [0.15, 0.2) is 0 Å². The number of hydrogen-bond donors (Lipinski definition) is 1. The molecule has 2 aromatic carbocycles. The molecule has 0 atom stereocenters. The van der Waals surface area contributed by atoms with Gasteiger partial charge in [0.25, 0.3) is 5.91 Å². The summed E-state index contributed by atoms with van der Waals surface area (Å²) in [5.41, 5.74) is 2.74. The summed E-state index contributed by atoms with van der Waals surface area (Å²) in [7, 11) is 0. The molecule has 1 N–H and O–H groups in total. The standard InChI is InChI=1S/C14H9Cl2FN2O/c15-10-4-1-3-9(7-10)14(20)19-18-8-11-12(16)5-2-6-13(11)17/h1-8H,(H,19,20)/b18-8-. The number of rotatable bonds is 3. The molecule has 0 aromatic heterocycles. The van der Waals surface area contributed by atoms with Crippen molar-refractivity contribution in [2.75, 3.05) is 0 Å². The minimum absolute atomic E-state index is 0.112. The van der Waals surface area contributed by atoms with Crippen molar-refractivity contribution >= 4 is 35.3 Å². The lowest BCUT2D eigenvalue weighted by Gasteiger charge is -2.01. The number of nitrogens with one attached hydrogen (secondary N) is 1. The highest BCUT2D eigenvalue weighted by Gasteiger charge is 2.06. The fourth-order valence-corrected chi connectivity index (χ4v) is 1.89. The van der Waals surface area contributed by atoms with Crippen LogP contribution in [0.5, 0.6) is 0 Å². The van der Waals surface area contributed by atoms with E-state index < -0.39 is 11.7 Å². The summed E-state index contributed by atoms with van der Waals surface area (Å²) in [5.74, 6) is -0.963. The molecule has 2 aromatic rings. The summed E-state index contributed by atoms with van der Waals surface area (Å²) >= 11 is 11.6. The molecule has 0 saturated carbocycles. The highest BCUT2D eigenvalue weighted by atomic mass is 35.5. The summed E-state index contributed by atoms with van der Waals surface area (Å²) in [6, 6.07) is 10.7. The topological polar surface area (TPSA) is 41.5 Å². The summed E-state index contributed by atoms with van der Waals surface area (Å²) in [5, 5.41) is 4.33. The average Bonchev–Trinajstić information content (AvgIpc) is 2.42. The Morgan fingerprint density at radius 2 is 1.95 bits per heavy atom. The predicted octanol–water partition coefficient (Wildman–Crippen LogP) is 3.90. The van der Waals surface area contributed by atoms with E-state index in [0.29, 0.717) is 10.6 Å². The van der Waals surface area contributed by atoms with Crippen LogP contribution in [0.3, 0.4) is 0 Å². The van der Waals surface area contributed by atoms with Gasteiger partial charge in [-0.15, -0.1) is 0 Å². The van der Waals surface area contributed by atoms with Gasteiger partial charge in [-0.2, -0.15) is 5.10 Å². The lowest BCUT2D eigenvalue weighted by atomic mass is 10.2. The van der Waals surface area contributed by atoms with Crippen LogP contribution >= 0.6 is 23.2 Å². The van der Waals surface area contributed by atoms with Gasteiger partial charge in [-0.25, -0.2) is 9.82 Å². The normalized spacial score (nSPS) is 10.8. The van der Waals surface area contributed by atoms with Gasteiger partial charge < -0.3 is 0 Å². The molecule has 0 aliphatic heterocycles. The molecule has 2 rings (SSSR count). The first kappa shape index (κ1) is 14.5. The number of carbonyl (C=O) groups is 1. The fourth-order valence-electron chi connectivity index (χ4n) is 1.48. The summed E-state index contributed by atoms with van der Waals surface area (Å²) < 4.78 is 13.4. The van der Waals surface area contributed by atoms with Crippen LogP contribution in [0.1, 0.15) is 15.9 Å². The number of carbonyl (C=O) groups excluding carboxylic acids is 1. The van der Waals surface area contributed by atoms with Crippen LogP contribution in [-0.2, 0) is 0 Å². The molecule has 0 unspecified atom stereocenters. The van der Waals surface area contributed by atoms with Crippen LogP contribution in [0.15, 0.2) is 47.6 Å². The molecule has 102 valence electrons. The second-order valence-electron chi connectivity index (χ2n) is 3.84. The number of nitrogens with zero attached hydrogens (tertiary/aromatic N) is 1. The Kier molecular flexibility index (Phi) is 4.71. The van der Waals surface area contributed by atoms with Crippen molar-refractivity contribution in [1.82, 2.24) is 5.43 Å². The third kappa shape index (κ3) is 3.56. The Balaban J connectivity index is 2.09. The molecule has 0 aliphatic carbocycles. The van der Waals surface area contributed by atoms with Crippen molar-refractivity contribution in [3.8, 4) is 0 Å².